The van der Waals surface area contributed by atoms with Crippen molar-refractivity contribution in [2.45, 2.75) is 26.3 Å². The van der Waals surface area contributed by atoms with Crippen LogP contribution >= 0.6 is 23.2 Å². The molecule has 1 unspecified atom stereocenters. The number of nitrogens with two attached hydrogens (primary N) is 1. The van der Waals surface area contributed by atoms with E-state index in [0.717, 1.165) is 5.56 Å². The molecule has 9 nitrogen and oxygen atoms in total. The van der Waals surface area contributed by atoms with E-state index in [1.165, 1.54) is 4.68 Å². The molecule has 1 amide bonds. The number of carbonyl (C=O) groups excluding carboxylic acids is 1. The number of halogens is 2. The maximum absolute atomic E-state index is 13.0. The minimum Gasteiger partial charge on any atom is -0.505 e. The summed E-state index contributed by atoms with van der Waals surface area (Å²) < 4.78 is 1.53. The summed E-state index contributed by atoms with van der Waals surface area (Å²) in [5.41, 5.74) is 8.14. The van der Waals surface area contributed by atoms with Crippen molar-refractivity contribution in [1.82, 2.24) is 20.1 Å². The summed E-state index contributed by atoms with van der Waals surface area (Å²) in [4.78, 5) is 19.0. The number of aromatic nitrogens is 3. The highest BCUT2D eigenvalue weighted by Gasteiger charge is 2.28. The predicted octanol–water partition coefficient (Wildman–Crippen LogP) is 3.19. The van der Waals surface area contributed by atoms with Crippen LogP contribution in [-0.2, 0) is 0 Å². The number of anilines is 1. The quantitative estimate of drug-likeness (QED) is 0.322. The summed E-state index contributed by atoms with van der Waals surface area (Å²) in [5, 5.41) is 25.9. The molecule has 1 aromatic heterocycles. The molecule has 1 fully saturated rings. The third-order valence-electron chi connectivity index (χ3n) is 5.51. The van der Waals surface area contributed by atoms with Crippen LogP contribution < -0.4 is 16.0 Å². The summed E-state index contributed by atoms with van der Waals surface area (Å²) in [5.74, 6) is -0.0126. The monoisotopic (exact) mass is 487 g/mol. The lowest BCUT2D eigenvalue weighted by Crippen LogP contribution is -2.37. The molecule has 1 aliphatic heterocycles. The molecule has 11 heteroatoms. The number of hydrogen-bond donors (Lipinski definition) is 4. The molecule has 0 radical (unpaired) electrons. The molecule has 172 valence electrons. The van der Waals surface area contributed by atoms with Crippen LogP contribution in [0.2, 0.25) is 10.0 Å². The predicted molar refractivity (Wildman–Crippen MR) is 128 cm³/mol. The Morgan fingerprint density at radius 1 is 1.24 bits per heavy atom. The van der Waals surface area contributed by atoms with Gasteiger partial charge in [0.2, 0.25) is 0 Å². The smallest absolute Gasteiger partial charge is 0.254 e. The second-order valence-corrected chi connectivity index (χ2v) is 8.83. The van der Waals surface area contributed by atoms with Gasteiger partial charge in [-0.15, -0.1) is 0 Å². The van der Waals surface area contributed by atoms with Crippen molar-refractivity contribution in [3.8, 4) is 11.4 Å². The van der Waals surface area contributed by atoms with Crippen LogP contribution in [0.5, 0.6) is 5.75 Å². The zero-order valence-corrected chi connectivity index (χ0v) is 19.6. The number of rotatable bonds is 5. The third kappa shape index (κ3) is 4.60. The minimum absolute atomic E-state index is 0.0369. The Kier molecular flexibility index (Phi) is 6.18. The standard InChI is InChI=1S/C22H23Cl2N7O2/c1-11-5-15(21(25)26)20(32)18(6-11)30-4-3-13(9-30)28-22(33)19-16(23)7-14(8-17(19)24)31-10-27-12(2)29-31/h5-8,10,13,32H,3-4,9H2,1-2H3,(H3,25,26)(H,28,33). The fraction of sp³-hybridized carbons (Fsp3) is 0.273. The molecule has 2 aromatic carbocycles. The van der Waals surface area contributed by atoms with Gasteiger partial charge in [0, 0.05) is 19.1 Å². The number of nitrogen functional groups attached to an aromatic ring is 1. The first-order valence-corrected chi connectivity index (χ1v) is 11.0. The number of phenols is 1. The van der Waals surface area contributed by atoms with E-state index < -0.39 is 0 Å². The van der Waals surface area contributed by atoms with E-state index in [2.05, 4.69) is 15.4 Å². The van der Waals surface area contributed by atoms with Crippen molar-refractivity contribution in [1.29, 1.82) is 5.41 Å². The Bertz CT molecular complexity index is 1230. The Morgan fingerprint density at radius 3 is 2.55 bits per heavy atom. The third-order valence-corrected chi connectivity index (χ3v) is 6.11. The Labute approximate surface area is 200 Å². The van der Waals surface area contributed by atoms with Gasteiger partial charge in [-0.2, -0.15) is 5.10 Å². The first kappa shape index (κ1) is 22.9. The minimum atomic E-state index is -0.379. The topological polar surface area (TPSA) is 133 Å². The van der Waals surface area contributed by atoms with E-state index in [4.69, 9.17) is 34.3 Å². The number of nitrogens with zero attached hydrogens (tertiary/aromatic N) is 4. The lowest BCUT2D eigenvalue weighted by atomic mass is 10.1. The van der Waals surface area contributed by atoms with Gasteiger partial charge < -0.3 is 21.1 Å². The van der Waals surface area contributed by atoms with Crippen LogP contribution in [-0.4, -0.2) is 50.7 Å². The molecule has 1 saturated heterocycles. The number of carbonyl (C=O) groups is 1. The number of amides is 1. The van der Waals surface area contributed by atoms with Gasteiger partial charge in [-0.05, 0) is 50.1 Å². The molecule has 2 heterocycles. The second kappa shape index (κ2) is 8.92. The summed E-state index contributed by atoms with van der Waals surface area (Å²) in [6, 6.07) is 6.56. The summed E-state index contributed by atoms with van der Waals surface area (Å²) in [6.45, 7) is 4.74. The van der Waals surface area contributed by atoms with Crippen molar-refractivity contribution in [3.63, 3.8) is 0 Å². The maximum Gasteiger partial charge on any atom is 0.254 e. The molecule has 0 aliphatic carbocycles. The average molecular weight is 488 g/mol. The van der Waals surface area contributed by atoms with Gasteiger partial charge >= 0.3 is 0 Å². The van der Waals surface area contributed by atoms with Crippen molar-refractivity contribution in [3.05, 3.63) is 63.2 Å². The molecule has 1 aliphatic rings. The van der Waals surface area contributed by atoms with E-state index >= 15 is 0 Å². The van der Waals surface area contributed by atoms with E-state index in [0.29, 0.717) is 42.3 Å². The number of hydrogen-bond acceptors (Lipinski definition) is 6. The Hall–Kier alpha value is -3.30. The van der Waals surface area contributed by atoms with E-state index in [1.807, 2.05) is 17.9 Å². The Balaban J connectivity index is 1.50. The van der Waals surface area contributed by atoms with Crippen LogP contribution in [0.1, 0.15) is 33.7 Å². The molecule has 33 heavy (non-hydrogen) atoms. The largest absolute Gasteiger partial charge is 0.505 e. The van der Waals surface area contributed by atoms with Gasteiger partial charge in [0.25, 0.3) is 5.91 Å². The molecular formula is C22H23Cl2N7O2. The fourth-order valence-electron chi connectivity index (χ4n) is 3.94. The van der Waals surface area contributed by atoms with E-state index in [9.17, 15) is 9.90 Å². The summed E-state index contributed by atoms with van der Waals surface area (Å²) in [6.07, 6.45) is 2.21. The number of nitrogens with one attached hydrogen (secondary N) is 2. The number of benzene rings is 2. The lowest BCUT2D eigenvalue weighted by Gasteiger charge is -2.22. The van der Waals surface area contributed by atoms with Crippen LogP contribution in [0.25, 0.3) is 5.69 Å². The maximum atomic E-state index is 13.0. The first-order chi connectivity index (χ1) is 15.6. The van der Waals surface area contributed by atoms with Crippen LogP contribution in [0, 0.1) is 19.3 Å². The van der Waals surface area contributed by atoms with Crippen LogP contribution in [0.15, 0.2) is 30.6 Å². The Morgan fingerprint density at radius 2 is 1.94 bits per heavy atom. The molecule has 4 rings (SSSR count). The number of amidine groups is 1. The van der Waals surface area contributed by atoms with Crippen LogP contribution in [0.4, 0.5) is 5.69 Å². The summed E-state index contributed by atoms with van der Waals surface area (Å²) in [7, 11) is 0. The molecule has 0 bridgehead atoms. The van der Waals surface area contributed by atoms with Crippen molar-refractivity contribution in [2.24, 2.45) is 5.73 Å². The molecule has 3 aromatic rings. The van der Waals surface area contributed by atoms with Gasteiger partial charge in [0.05, 0.1) is 32.5 Å². The number of aryl methyl sites for hydroxylation is 2. The molecule has 0 spiro atoms. The molecule has 1 atom stereocenters. The van der Waals surface area contributed by atoms with Gasteiger partial charge in [-0.3, -0.25) is 10.2 Å². The zero-order chi connectivity index (χ0) is 23.9. The van der Waals surface area contributed by atoms with Gasteiger partial charge in [0.15, 0.2) is 0 Å². The molecular weight excluding hydrogens is 465 g/mol. The summed E-state index contributed by atoms with van der Waals surface area (Å²) >= 11 is 12.8. The average Bonchev–Trinajstić information content (AvgIpc) is 3.37. The van der Waals surface area contributed by atoms with Crippen LogP contribution in [0.3, 0.4) is 0 Å². The fourth-order valence-corrected chi connectivity index (χ4v) is 4.59. The zero-order valence-electron chi connectivity index (χ0n) is 18.1. The highest BCUT2D eigenvalue weighted by atomic mass is 35.5. The highest BCUT2D eigenvalue weighted by molar-refractivity contribution is 6.40. The van der Waals surface area contributed by atoms with Gasteiger partial charge in [0.1, 0.15) is 23.7 Å². The van der Waals surface area contributed by atoms with E-state index in [1.54, 1.807) is 31.5 Å². The van der Waals surface area contributed by atoms with E-state index in [-0.39, 0.29) is 39.1 Å². The lowest BCUT2D eigenvalue weighted by molar-refractivity contribution is 0.0940. The first-order valence-electron chi connectivity index (χ1n) is 10.3. The van der Waals surface area contributed by atoms with Crippen molar-refractivity contribution < 1.29 is 9.90 Å². The highest BCUT2D eigenvalue weighted by Crippen LogP contribution is 2.35. The second-order valence-electron chi connectivity index (χ2n) is 8.02. The number of aromatic hydroxyl groups is 1. The van der Waals surface area contributed by atoms with Crippen molar-refractivity contribution >= 4 is 40.6 Å². The van der Waals surface area contributed by atoms with Gasteiger partial charge in [-0.25, -0.2) is 9.67 Å². The van der Waals surface area contributed by atoms with Gasteiger partial charge in [-0.1, -0.05) is 23.2 Å². The normalized spacial score (nSPS) is 15.6. The SMILES string of the molecule is Cc1cc(C(=N)N)c(O)c(N2CCC(NC(=O)c3c(Cl)cc(-n4cnc(C)n4)cc3Cl)C2)c1. The number of phenolic OH excluding ortho intramolecular Hbond substituents is 1. The molecule has 0 saturated carbocycles. The van der Waals surface area contributed by atoms with Crippen molar-refractivity contribution in [2.75, 3.05) is 18.0 Å². The molecule has 5 N–H and O–H groups in total.